The number of nitrogens with zero attached hydrogens (tertiary/aromatic N) is 2. The molecule has 178 valence electrons. The van der Waals surface area contributed by atoms with Crippen LogP contribution in [0.15, 0.2) is 54.7 Å². The van der Waals surface area contributed by atoms with Crippen molar-refractivity contribution in [2.75, 3.05) is 5.32 Å². The van der Waals surface area contributed by atoms with E-state index in [9.17, 15) is 41.3 Å². The Balaban J connectivity index is 1.78. The summed E-state index contributed by atoms with van der Waals surface area (Å²) in [5.41, 5.74) is -4.28. The molecule has 3 rings (SSSR count). The smallest absolute Gasteiger partial charge is 0.418 e. The van der Waals surface area contributed by atoms with Crippen molar-refractivity contribution in [3.63, 3.8) is 0 Å². The Labute approximate surface area is 191 Å². The molecule has 0 fully saturated rings. The molecule has 7 nitrogen and oxygen atoms in total. The van der Waals surface area contributed by atoms with Gasteiger partial charge in [0.1, 0.15) is 5.75 Å². The van der Waals surface area contributed by atoms with E-state index < -0.39 is 40.2 Å². The fraction of sp³-hybridized carbons (Fsp3) is 0.100. The molecule has 1 amide bonds. The van der Waals surface area contributed by atoms with E-state index in [1.54, 1.807) is 0 Å². The summed E-state index contributed by atoms with van der Waals surface area (Å²) in [5, 5.41) is 13.2. The van der Waals surface area contributed by atoms with E-state index in [4.69, 9.17) is 16.3 Å². The summed E-state index contributed by atoms with van der Waals surface area (Å²) in [6, 6.07) is 8.35. The first kappa shape index (κ1) is 24.8. The number of alkyl halides is 6. The van der Waals surface area contributed by atoms with Crippen LogP contribution in [0.5, 0.6) is 11.6 Å². The van der Waals surface area contributed by atoms with Gasteiger partial charge in [-0.1, -0.05) is 11.6 Å². The maximum atomic E-state index is 13.0. The summed E-state index contributed by atoms with van der Waals surface area (Å²) >= 11 is 5.90. The minimum absolute atomic E-state index is 0.0234. The number of nitrogens with one attached hydrogen (secondary N) is 1. The largest absolute Gasteiger partial charge is 0.439 e. The fourth-order valence-corrected chi connectivity index (χ4v) is 2.88. The van der Waals surface area contributed by atoms with Crippen LogP contribution in [0.4, 0.5) is 37.7 Å². The second-order valence-corrected chi connectivity index (χ2v) is 6.97. The third-order valence-electron chi connectivity index (χ3n) is 4.23. The number of anilines is 1. The van der Waals surface area contributed by atoms with Gasteiger partial charge in [-0.2, -0.15) is 26.3 Å². The minimum Gasteiger partial charge on any atom is -0.439 e. The lowest BCUT2D eigenvalue weighted by atomic mass is 10.1. The third kappa shape index (κ3) is 5.73. The second-order valence-electron chi connectivity index (χ2n) is 6.57. The van der Waals surface area contributed by atoms with Crippen molar-refractivity contribution in [2.24, 2.45) is 0 Å². The molecule has 1 aromatic heterocycles. The number of aromatic nitrogens is 1. The lowest BCUT2D eigenvalue weighted by Crippen LogP contribution is -2.17. The topological polar surface area (TPSA) is 94.4 Å². The van der Waals surface area contributed by atoms with Gasteiger partial charge in [-0.15, -0.1) is 0 Å². The molecule has 0 aliphatic carbocycles. The van der Waals surface area contributed by atoms with Crippen molar-refractivity contribution in [1.82, 2.24) is 4.98 Å². The molecular formula is C20H10ClF6N3O4. The van der Waals surface area contributed by atoms with Gasteiger partial charge in [0.2, 0.25) is 5.88 Å². The monoisotopic (exact) mass is 505 g/mol. The molecule has 3 aromatic rings. The summed E-state index contributed by atoms with van der Waals surface area (Å²) < 4.78 is 82.7. The molecule has 2 aromatic carbocycles. The number of ether oxygens (including phenoxy) is 1. The predicted molar refractivity (Wildman–Crippen MR) is 107 cm³/mol. The average molecular weight is 506 g/mol. The number of non-ortho nitro benzene ring substituents is 1. The number of hydrogen-bond acceptors (Lipinski definition) is 5. The van der Waals surface area contributed by atoms with Gasteiger partial charge in [-0.25, -0.2) is 4.98 Å². The standard InChI is InChI=1S/C20H10ClF6N3O4/c21-16-6-3-11(30(32)33)7-13(16)18(31)29-10-1-4-12(5-2-10)34-17-8-14(19(22,23)24)15(9-28-17)20(25,26)27/h1-9H,(H,29,31). The second kappa shape index (κ2) is 9.17. The number of benzene rings is 2. The first-order valence-corrected chi connectivity index (χ1v) is 9.31. The number of pyridine rings is 1. The number of carbonyl (C=O) groups excluding carboxylic acids is 1. The lowest BCUT2D eigenvalue weighted by molar-refractivity contribution is -0.384. The summed E-state index contributed by atoms with van der Waals surface area (Å²) in [5.74, 6) is -1.60. The number of halogens is 7. The van der Waals surface area contributed by atoms with Crippen LogP contribution >= 0.6 is 11.6 Å². The van der Waals surface area contributed by atoms with E-state index >= 15 is 0 Å². The van der Waals surface area contributed by atoms with E-state index in [0.29, 0.717) is 0 Å². The number of nitro groups is 1. The molecule has 0 atom stereocenters. The SMILES string of the molecule is O=C(Nc1ccc(Oc2cc(C(F)(F)F)c(C(F)(F)F)cn2)cc1)c1cc([N+](=O)[O-])ccc1Cl. The van der Waals surface area contributed by atoms with Crippen LogP contribution in [0.2, 0.25) is 5.02 Å². The van der Waals surface area contributed by atoms with Gasteiger partial charge in [0.05, 0.1) is 26.6 Å². The lowest BCUT2D eigenvalue weighted by Gasteiger charge is -2.16. The molecule has 14 heteroatoms. The molecule has 1 heterocycles. The van der Waals surface area contributed by atoms with Crippen molar-refractivity contribution in [2.45, 2.75) is 12.4 Å². The van der Waals surface area contributed by atoms with Crippen molar-refractivity contribution in [3.8, 4) is 11.6 Å². The molecule has 0 radical (unpaired) electrons. The zero-order valence-corrected chi connectivity index (χ0v) is 17.1. The molecule has 0 bridgehead atoms. The summed E-state index contributed by atoms with van der Waals surface area (Å²) in [4.78, 5) is 25.8. The first-order chi connectivity index (χ1) is 15.8. The number of carbonyl (C=O) groups is 1. The Morgan fingerprint density at radius 1 is 0.971 bits per heavy atom. The maximum absolute atomic E-state index is 13.0. The van der Waals surface area contributed by atoms with Crippen molar-refractivity contribution in [1.29, 1.82) is 0 Å². The van der Waals surface area contributed by atoms with Gasteiger partial charge >= 0.3 is 12.4 Å². The Bertz CT molecular complexity index is 1250. The van der Waals surface area contributed by atoms with Crippen LogP contribution in [0.3, 0.4) is 0 Å². The zero-order chi connectivity index (χ0) is 25.3. The van der Waals surface area contributed by atoms with Crippen LogP contribution in [-0.2, 0) is 12.4 Å². The minimum atomic E-state index is -5.30. The molecule has 0 aliphatic rings. The Morgan fingerprint density at radius 3 is 2.15 bits per heavy atom. The molecule has 0 saturated carbocycles. The van der Waals surface area contributed by atoms with Gasteiger partial charge in [0, 0.05) is 30.1 Å². The Kier molecular flexibility index (Phi) is 6.68. The highest BCUT2D eigenvalue weighted by Crippen LogP contribution is 2.41. The van der Waals surface area contributed by atoms with E-state index in [-0.39, 0.29) is 40.0 Å². The average Bonchev–Trinajstić information content (AvgIpc) is 2.73. The highest BCUT2D eigenvalue weighted by atomic mass is 35.5. The predicted octanol–water partition coefficient (Wildman–Crippen LogP) is 6.73. The molecule has 0 unspecified atom stereocenters. The van der Waals surface area contributed by atoms with Crippen molar-refractivity contribution in [3.05, 3.63) is 86.6 Å². The van der Waals surface area contributed by atoms with Crippen LogP contribution in [-0.4, -0.2) is 15.8 Å². The molecule has 0 aliphatic heterocycles. The van der Waals surface area contributed by atoms with Gasteiger partial charge in [-0.3, -0.25) is 14.9 Å². The number of amides is 1. The van der Waals surface area contributed by atoms with E-state index in [1.165, 1.54) is 30.3 Å². The first-order valence-electron chi connectivity index (χ1n) is 8.93. The van der Waals surface area contributed by atoms with Gasteiger partial charge in [0.15, 0.2) is 0 Å². The molecular weight excluding hydrogens is 496 g/mol. The van der Waals surface area contributed by atoms with E-state index in [2.05, 4.69) is 10.3 Å². The number of hydrogen-bond donors (Lipinski definition) is 1. The molecule has 0 saturated heterocycles. The quantitative estimate of drug-likeness (QED) is 0.236. The third-order valence-corrected chi connectivity index (χ3v) is 4.56. The Hall–Kier alpha value is -3.87. The number of rotatable bonds is 5. The van der Waals surface area contributed by atoms with Crippen molar-refractivity contribution >= 4 is 28.9 Å². The molecule has 0 spiro atoms. The zero-order valence-electron chi connectivity index (χ0n) is 16.4. The van der Waals surface area contributed by atoms with E-state index in [0.717, 1.165) is 12.1 Å². The van der Waals surface area contributed by atoms with Gasteiger partial charge in [-0.05, 0) is 30.3 Å². The number of nitro benzene ring substituents is 1. The molecule has 1 N–H and O–H groups in total. The maximum Gasteiger partial charge on any atom is 0.418 e. The van der Waals surface area contributed by atoms with Crippen LogP contribution in [0.25, 0.3) is 0 Å². The molecule has 34 heavy (non-hydrogen) atoms. The fourth-order valence-electron chi connectivity index (χ4n) is 2.68. The van der Waals surface area contributed by atoms with Crippen LogP contribution in [0, 0.1) is 10.1 Å². The summed E-state index contributed by atoms with van der Waals surface area (Å²) in [6.45, 7) is 0. The van der Waals surface area contributed by atoms with Crippen LogP contribution in [0.1, 0.15) is 21.5 Å². The van der Waals surface area contributed by atoms with E-state index in [1.807, 2.05) is 0 Å². The summed E-state index contributed by atoms with van der Waals surface area (Å²) in [6.07, 6.45) is -10.5. The summed E-state index contributed by atoms with van der Waals surface area (Å²) in [7, 11) is 0. The highest BCUT2D eigenvalue weighted by molar-refractivity contribution is 6.34. The highest BCUT2D eigenvalue weighted by Gasteiger charge is 2.43. The normalized spacial score (nSPS) is 11.7. The van der Waals surface area contributed by atoms with Gasteiger partial charge < -0.3 is 10.1 Å². The van der Waals surface area contributed by atoms with Crippen molar-refractivity contribution < 1.29 is 40.8 Å². The van der Waals surface area contributed by atoms with Gasteiger partial charge in [0.25, 0.3) is 11.6 Å². The van der Waals surface area contributed by atoms with Crippen LogP contribution < -0.4 is 10.1 Å². The Morgan fingerprint density at radius 2 is 1.59 bits per heavy atom.